The van der Waals surface area contributed by atoms with E-state index in [2.05, 4.69) is 4.98 Å². The zero-order chi connectivity index (χ0) is 19.0. The van der Waals surface area contributed by atoms with Crippen LogP contribution in [0.15, 0.2) is 46.8 Å². The lowest BCUT2D eigenvalue weighted by Gasteiger charge is -2.34. The third-order valence-corrected chi connectivity index (χ3v) is 5.74. The summed E-state index contributed by atoms with van der Waals surface area (Å²) in [5.41, 5.74) is 1.10. The molecule has 1 amide bonds. The zero-order valence-corrected chi connectivity index (χ0v) is 15.4. The first-order valence-electron chi connectivity index (χ1n) is 8.48. The lowest BCUT2D eigenvalue weighted by molar-refractivity contribution is -0.154. The van der Waals surface area contributed by atoms with Crippen LogP contribution >= 0.6 is 11.3 Å². The van der Waals surface area contributed by atoms with Crippen molar-refractivity contribution in [2.24, 2.45) is 0 Å². The van der Waals surface area contributed by atoms with E-state index in [0.29, 0.717) is 23.9 Å². The minimum Gasteiger partial charge on any atom is -0.467 e. The quantitative estimate of drug-likeness (QED) is 0.644. The van der Waals surface area contributed by atoms with Crippen molar-refractivity contribution in [2.75, 3.05) is 13.7 Å². The second-order valence-electron chi connectivity index (χ2n) is 6.26. The fourth-order valence-corrected chi connectivity index (χ4v) is 4.31. The number of esters is 1. The number of hydrogen-bond acceptors (Lipinski definition) is 6. The van der Waals surface area contributed by atoms with Gasteiger partial charge in [-0.25, -0.2) is 9.78 Å². The van der Waals surface area contributed by atoms with Crippen LogP contribution in [0.25, 0.3) is 10.9 Å². The smallest absolute Gasteiger partial charge is 0.333 e. The van der Waals surface area contributed by atoms with Gasteiger partial charge < -0.3 is 9.64 Å². The first-order valence-corrected chi connectivity index (χ1v) is 9.36. The summed E-state index contributed by atoms with van der Waals surface area (Å²) in [7, 11) is 1.31. The van der Waals surface area contributed by atoms with Crippen molar-refractivity contribution in [3.8, 4) is 0 Å². The highest BCUT2D eigenvalue weighted by Gasteiger charge is 2.37. The summed E-state index contributed by atoms with van der Waals surface area (Å²) in [5, 5.41) is 2.36. The minimum atomic E-state index is -0.776. The maximum absolute atomic E-state index is 13.0. The number of amides is 1. The number of thiophene rings is 1. The first-order chi connectivity index (χ1) is 13.1. The fourth-order valence-electron chi connectivity index (χ4n) is 3.41. The van der Waals surface area contributed by atoms with Crippen molar-refractivity contribution in [2.45, 2.75) is 19.0 Å². The van der Waals surface area contributed by atoms with E-state index in [1.54, 1.807) is 35.6 Å². The molecule has 27 heavy (non-hydrogen) atoms. The number of rotatable bonds is 3. The first kappa shape index (κ1) is 17.4. The summed E-state index contributed by atoms with van der Waals surface area (Å²) < 4.78 is 6.20. The third-order valence-electron chi connectivity index (χ3n) is 4.75. The van der Waals surface area contributed by atoms with Gasteiger partial charge >= 0.3 is 5.97 Å². The molecule has 3 aromatic rings. The van der Waals surface area contributed by atoms with E-state index in [1.807, 2.05) is 11.4 Å². The molecule has 1 aromatic carbocycles. The van der Waals surface area contributed by atoms with Crippen LogP contribution in [0.5, 0.6) is 0 Å². The molecule has 0 saturated carbocycles. The number of methoxy groups -OCH3 is 1. The molecule has 1 unspecified atom stereocenters. The average molecular weight is 383 g/mol. The molecule has 1 aliphatic heterocycles. The van der Waals surface area contributed by atoms with E-state index in [9.17, 15) is 14.4 Å². The van der Waals surface area contributed by atoms with Gasteiger partial charge in [-0.15, -0.1) is 11.3 Å². The molecule has 8 heteroatoms. The average Bonchev–Trinajstić information content (AvgIpc) is 3.17. The Labute approximate surface area is 158 Å². The highest BCUT2D eigenvalue weighted by Crippen LogP contribution is 2.34. The molecule has 0 N–H and O–H groups in total. The second-order valence-corrected chi connectivity index (χ2v) is 7.26. The number of para-hydroxylation sites is 1. The summed E-state index contributed by atoms with van der Waals surface area (Å²) in [4.78, 5) is 44.7. The molecule has 3 heterocycles. The van der Waals surface area contributed by atoms with Crippen LogP contribution in [0.1, 0.15) is 16.5 Å². The van der Waals surface area contributed by atoms with Crippen LogP contribution in [0, 0.1) is 0 Å². The van der Waals surface area contributed by atoms with Gasteiger partial charge in [-0.3, -0.25) is 14.2 Å². The van der Waals surface area contributed by atoms with Crippen LogP contribution in [0.3, 0.4) is 0 Å². The Kier molecular flexibility index (Phi) is 4.49. The standard InChI is InChI=1S/C19H17N3O4S/c1-26-19(25)17-13-7-9-27-15(13)6-8-22(17)16(23)10-21-11-20-14-5-3-2-4-12(14)18(21)24/h2-5,7,9,11,17H,6,8,10H2,1H3. The number of fused-ring (bicyclic) bond motifs is 2. The molecule has 0 spiro atoms. The number of benzene rings is 1. The molecule has 7 nitrogen and oxygen atoms in total. The molecule has 138 valence electrons. The molecule has 4 rings (SSSR count). The van der Waals surface area contributed by atoms with E-state index in [0.717, 1.165) is 10.4 Å². The lowest BCUT2D eigenvalue weighted by atomic mass is 10.00. The van der Waals surface area contributed by atoms with Crippen LogP contribution < -0.4 is 5.56 Å². The summed E-state index contributed by atoms with van der Waals surface area (Å²) in [6.45, 7) is 0.228. The summed E-state index contributed by atoms with van der Waals surface area (Å²) in [6.07, 6.45) is 2.05. The van der Waals surface area contributed by atoms with E-state index in [-0.39, 0.29) is 18.0 Å². The van der Waals surface area contributed by atoms with Crippen molar-refractivity contribution in [3.05, 3.63) is 62.8 Å². The Bertz CT molecular complexity index is 1090. The number of aromatic nitrogens is 2. The van der Waals surface area contributed by atoms with Gasteiger partial charge in [0, 0.05) is 11.4 Å². The highest BCUT2D eigenvalue weighted by molar-refractivity contribution is 7.10. The van der Waals surface area contributed by atoms with Gasteiger partial charge in [0.25, 0.3) is 5.56 Å². The van der Waals surface area contributed by atoms with Crippen LogP contribution in [0.4, 0.5) is 0 Å². The topological polar surface area (TPSA) is 81.5 Å². The Balaban J connectivity index is 1.66. The van der Waals surface area contributed by atoms with E-state index >= 15 is 0 Å². The van der Waals surface area contributed by atoms with Crippen molar-refractivity contribution in [3.63, 3.8) is 0 Å². The molecular weight excluding hydrogens is 366 g/mol. The molecular formula is C19H17N3O4S. The summed E-state index contributed by atoms with van der Waals surface area (Å²) in [5.74, 6) is -0.798. The third kappa shape index (κ3) is 3.02. The minimum absolute atomic E-state index is 0.177. The zero-order valence-electron chi connectivity index (χ0n) is 14.6. The van der Waals surface area contributed by atoms with Crippen LogP contribution in [-0.4, -0.2) is 40.0 Å². The Morgan fingerprint density at radius 3 is 2.93 bits per heavy atom. The Morgan fingerprint density at radius 2 is 2.11 bits per heavy atom. The predicted octanol–water partition coefficient (Wildman–Crippen LogP) is 1.76. The lowest BCUT2D eigenvalue weighted by Crippen LogP contribution is -2.45. The van der Waals surface area contributed by atoms with Gasteiger partial charge in [-0.05, 0) is 35.6 Å². The molecule has 2 aromatic heterocycles. The number of nitrogens with zero attached hydrogens (tertiary/aromatic N) is 3. The van der Waals surface area contributed by atoms with Gasteiger partial charge in [-0.2, -0.15) is 0 Å². The molecule has 1 atom stereocenters. The van der Waals surface area contributed by atoms with Crippen LogP contribution in [0.2, 0.25) is 0 Å². The molecule has 0 bridgehead atoms. The van der Waals surface area contributed by atoms with Gasteiger partial charge in [0.2, 0.25) is 5.91 Å². The largest absolute Gasteiger partial charge is 0.467 e. The molecule has 1 aliphatic rings. The second kappa shape index (κ2) is 6.96. The van der Waals surface area contributed by atoms with Crippen LogP contribution in [-0.2, 0) is 27.3 Å². The predicted molar refractivity (Wildman–Crippen MR) is 100 cm³/mol. The number of ether oxygens (including phenoxy) is 1. The molecule has 0 saturated heterocycles. The maximum Gasteiger partial charge on any atom is 0.333 e. The number of hydrogen-bond donors (Lipinski definition) is 0. The molecule has 0 fully saturated rings. The van der Waals surface area contributed by atoms with Gasteiger partial charge in [0.05, 0.1) is 24.3 Å². The monoisotopic (exact) mass is 383 g/mol. The molecule has 0 aliphatic carbocycles. The van der Waals surface area contributed by atoms with Gasteiger partial charge in [-0.1, -0.05) is 12.1 Å². The number of carbonyl (C=O) groups excluding carboxylic acids is 2. The highest BCUT2D eigenvalue weighted by atomic mass is 32.1. The van der Waals surface area contributed by atoms with Crippen molar-refractivity contribution < 1.29 is 14.3 Å². The normalized spacial score (nSPS) is 16.2. The van der Waals surface area contributed by atoms with E-state index in [1.165, 1.54) is 22.9 Å². The Hall–Kier alpha value is -3.00. The van der Waals surface area contributed by atoms with Gasteiger partial charge in [0.15, 0.2) is 6.04 Å². The maximum atomic E-state index is 13.0. The number of carbonyl (C=O) groups is 2. The van der Waals surface area contributed by atoms with E-state index < -0.39 is 12.0 Å². The van der Waals surface area contributed by atoms with E-state index in [4.69, 9.17) is 4.74 Å². The fraction of sp³-hybridized carbons (Fsp3) is 0.263. The van der Waals surface area contributed by atoms with Crippen molar-refractivity contribution in [1.29, 1.82) is 0 Å². The summed E-state index contributed by atoms with van der Waals surface area (Å²) in [6, 6.07) is 8.07. The Morgan fingerprint density at radius 1 is 1.30 bits per heavy atom. The SMILES string of the molecule is COC(=O)C1c2ccsc2CCN1C(=O)Cn1cnc2ccccc2c1=O. The molecule has 0 radical (unpaired) electrons. The van der Waals surface area contributed by atoms with Crippen molar-refractivity contribution >= 4 is 34.1 Å². The van der Waals surface area contributed by atoms with Crippen molar-refractivity contribution in [1.82, 2.24) is 14.5 Å². The van der Waals surface area contributed by atoms with Gasteiger partial charge in [0.1, 0.15) is 6.54 Å². The summed E-state index contributed by atoms with van der Waals surface area (Å²) >= 11 is 1.57.